The Morgan fingerprint density at radius 2 is 2.22 bits per heavy atom. The van der Waals surface area contributed by atoms with Crippen molar-refractivity contribution < 1.29 is 4.79 Å². The van der Waals surface area contributed by atoms with Gasteiger partial charge < -0.3 is 11.5 Å². The average molecular weight is 148 g/mol. The summed E-state index contributed by atoms with van der Waals surface area (Å²) in [5.41, 5.74) is 10.3. The van der Waals surface area contributed by atoms with Gasteiger partial charge >= 0.3 is 0 Å². The summed E-state index contributed by atoms with van der Waals surface area (Å²) >= 11 is 3.94. The van der Waals surface area contributed by atoms with Gasteiger partial charge in [-0.2, -0.15) is 12.6 Å². The Morgan fingerprint density at radius 3 is 2.56 bits per heavy atom. The molecule has 4 N–H and O–H groups in total. The van der Waals surface area contributed by atoms with Crippen LogP contribution in [0.2, 0.25) is 0 Å². The molecule has 0 aromatic carbocycles. The lowest BCUT2D eigenvalue weighted by molar-refractivity contribution is -0.118. The summed E-state index contributed by atoms with van der Waals surface area (Å²) < 4.78 is 0. The van der Waals surface area contributed by atoms with Gasteiger partial charge in [-0.25, -0.2) is 0 Å². The van der Waals surface area contributed by atoms with Gasteiger partial charge in [0.05, 0.1) is 0 Å². The standard InChI is InChI=1S/C5H12N2OS/c6-4(3-9)1-2-5(7)8/h4,9H,1-3,6H2,(H2,7,8)/t4-/m1/s1. The van der Waals surface area contributed by atoms with Crippen LogP contribution in [0.5, 0.6) is 0 Å². The molecule has 0 heterocycles. The fraction of sp³-hybridized carbons (Fsp3) is 0.800. The molecule has 0 aliphatic rings. The van der Waals surface area contributed by atoms with Crippen molar-refractivity contribution in [2.45, 2.75) is 18.9 Å². The molecule has 0 aliphatic heterocycles. The van der Waals surface area contributed by atoms with E-state index in [4.69, 9.17) is 11.5 Å². The molecule has 0 bridgehead atoms. The van der Waals surface area contributed by atoms with Crippen LogP contribution in [0.1, 0.15) is 12.8 Å². The molecular weight excluding hydrogens is 136 g/mol. The lowest BCUT2D eigenvalue weighted by Crippen LogP contribution is -2.24. The highest BCUT2D eigenvalue weighted by Crippen LogP contribution is 1.94. The molecule has 0 saturated carbocycles. The molecule has 3 nitrogen and oxygen atoms in total. The molecule has 0 aromatic heterocycles. The number of carbonyl (C=O) groups is 1. The van der Waals surface area contributed by atoms with Crippen LogP contribution in [-0.2, 0) is 4.79 Å². The van der Waals surface area contributed by atoms with Gasteiger partial charge in [0.25, 0.3) is 0 Å². The van der Waals surface area contributed by atoms with E-state index in [9.17, 15) is 4.79 Å². The molecule has 0 aliphatic carbocycles. The zero-order valence-corrected chi connectivity index (χ0v) is 6.10. The first-order chi connectivity index (χ1) is 4.16. The summed E-state index contributed by atoms with van der Waals surface area (Å²) in [5, 5.41) is 0. The van der Waals surface area contributed by atoms with Crippen LogP contribution < -0.4 is 11.5 Å². The minimum Gasteiger partial charge on any atom is -0.370 e. The van der Waals surface area contributed by atoms with Crippen LogP contribution in [0.15, 0.2) is 0 Å². The van der Waals surface area contributed by atoms with Crippen LogP contribution >= 0.6 is 12.6 Å². The van der Waals surface area contributed by atoms with E-state index in [-0.39, 0.29) is 11.9 Å². The Balaban J connectivity index is 3.16. The highest BCUT2D eigenvalue weighted by molar-refractivity contribution is 7.80. The van der Waals surface area contributed by atoms with E-state index in [2.05, 4.69) is 12.6 Å². The number of hydrogen-bond acceptors (Lipinski definition) is 3. The highest BCUT2D eigenvalue weighted by Gasteiger charge is 2.00. The summed E-state index contributed by atoms with van der Waals surface area (Å²) in [6, 6.07) is 0.000772. The third kappa shape index (κ3) is 5.65. The molecule has 54 valence electrons. The maximum atomic E-state index is 10.2. The van der Waals surface area contributed by atoms with Crippen molar-refractivity contribution in [1.29, 1.82) is 0 Å². The van der Waals surface area contributed by atoms with Crippen molar-refractivity contribution in [2.75, 3.05) is 5.75 Å². The lowest BCUT2D eigenvalue weighted by atomic mass is 10.2. The van der Waals surface area contributed by atoms with Crippen molar-refractivity contribution in [3.8, 4) is 0 Å². The predicted octanol–water partition coefficient (Wildman–Crippen LogP) is -0.491. The van der Waals surface area contributed by atoms with Gasteiger partial charge in [-0.3, -0.25) is 4.79 Å². The third-order valence-corrected chi connectivity index (χ3v) is 1.47. The van der Waals surface area contributed by atoms with E-state index in [1.165, 1.54) is 0 Å². The Labute approximate surface area is 60.2 Å². The van der Waals surface area contributed by atoms with E-state index in [1.54, 1.807) is 0 Å². The zero-order valence-electron chi connectivity index (χ0n) is 5.21. The summed E-state index contributed by atoms with van der Waals surface area (Å²) in [6.07, 6.45) is 1.00. The molecule has 9 heavy (non-hydrogen) atoms. The summed E-state index contributed by atoms with van der Waals surface area (Å²) in [7, 11) is 0. The number of amides is 1. The Hall–Kier alpha value is -0.220. The average Bonchev–Trinajstić information content (AvgIpc) is 1.83. The molecule has 1 amide bonds. The molecule has 0 aromatic rings. The summed E-state index contributed by atoms with van der Waals surface area (Å²) in [6.45, 7) is 0. The molecule has 0 fully saturated rings. The maximum Gasteiger partial charge on any atom is 0.217 e. The van der Waals surface area contributed by atoms with Crippen LogP contribution in [0.4, 0.5) is 0 Å². The maximum absolute atomic E-state index is 10.2. The largest absolute Gasteiger partial charge is 0.370 e. The van der Waals surface area contributed by atoms with Crippen molar-refractivity contribution in [3.05, 3.63) is 0 Å². The van der Waals surface area contributed by atoms with E-state index in [0.29, 0.717) is 18.6 Å². The molecular formula is C5H12N2OS. The van der Waals surface area contributed by atoms with Crippen LogP contribution in [-0.4, -0.2) is 17.7 Å². The van der Waals surface area contributed by atoms with Gasteiger partial charge in [0.1, 0.15) is 0 Å². The minimum atomic E-state index is -0.299. The fourth-order valence-corrected chi connectivity index (χ4v) is 0.602. The number of carbonyl (C=O) groups excluding carboxylic acids is 1. The summed E-state index contributed by atoms with van der Waals surface area (Å²) in [4.78, 5) is 10.2. The minimum absolute atomic E-state index is 0.000772. The molecule has 0 spiro atoms. The first kappa shape index (κ1) is 8.78. The molecule has 0 unspecified atom stereocenters. The second-order valence-corrected chi connectivity index (χ2v) is 2.31. The van der Waals surface area contributed by atoms with E-state index in [0.717, 1.165) is 0 Å². The second kappa shape index (κ2) is 4.64. The Kier molecular flexibility index (Phi) is 4.53. The second-order valence-electron chi connectivity index (χ2n) is 1.95. The van der Waals surface area contributed by atoms with Crippen LogP contribution in [0.25, 0.3) is 0 Å². The van der Waals surface area contributed by atoms with E-state index >= 15 is 0 Å². The van der Waals surface area contributed by atoms with E-state index < -0.39 is 0 Å². The van der Waals surface area contributed by atoms with Crippen LogP contribution in [0.3, 0.4) is 0 Å². The van der Waals surface area contributed by atoms with Gasteiger partial charge in [0.2, 0.25) is 5.91 Å². The number of hydrogen-bond donors (Lipinski definition) is 3. The number of nitrogens with two attached hydrogens (primary N) is 2. The SMILES string of the molecule is NC(=O)CC[C@@H](N)CS. The first-order valence-electron chi connectivity index (χ1n) is 2.81. The first-order valence-corrected chi connectivity index (χ1v) is 3.44. The van der Waals surface area contributed by atoms with Gasteiger partial charge in [0.15, 0.2) is 0 Å². The lowest BCUT2D eigenvalue weighted by Gasteiger charge is -2.03. The van der Waals surface area contributed by atoms with Crippen molar-refractivity contribution in [1.82, 2.24) is 0 Å². The number of thiol groups is 1. The molecule has 0 saturated heterocycles. The third-order valence-electron chi connectivity index (χ3n) is 0.996. The van der Waals surface area contributed by atoms with Crippen molar-refractivity contribution in [2.24, 2.45) is 11.5 Å². The monoisotopic (exact) mass is 148 g/mol. The quantitative estimate of drug-likeness (QED) is 0.471. The molecule has 4 heteroatoms. The van der Waals surface area contributed by atoms with Crippen molar-refractivity contribution >= 4 is 18.5 Å². The normalized spacial score (nSPS) is 13.1. The molecule has 0 radical (unpaired) electrons. The Morgan fingerprint density at radius 1 is 1.67 bits per heavy atom. The number of primary amides is 1. The fourth-order valence-electron chi connectivity index (χ4n) is 0.419. The van der Waals surface area contributed by atoms with Crippen LogP contribution in [0, 0.1) is 0 Å². The smallest absolute Gasteiger partial charge is 0.217 e. The zero-order chi connectivity index (χ0) is 7.28. The van der Waals surface area contributed by atoms with Crippen molar-refractivity contribution in [3.63, 3.8) is 0 Å². The van der Waals surface area contributed by atoms with Gasteiger partial charge in [-0.1, -0.05) is 0 Å². The van der Waals surface area contributed by atoms with Gasteiger partial charge in [-0.05, 0) is 6.42 Å². The predicted molar refractivity (Wildman–Crippen MR) is 40.3 cm³/mol. The number of rotatable bonds is 4. The Bertz CT molecular complexity index is 97.0. The summed E-state index contributed by atoms with van der Waals surface area (Å²) in [5.74, 6) is 0.306. The molecule has 0 rings (SSSR count). The highest BCUT2D eigenvalue weighted by atomic mass is 32.1. The van der Waals surface area contributed by atoms with Gasteiger partial charge in [0, 0.05) is 18.2 Å². The molecule has 1 atom stereocenters. The van der Waals surface area contributed by atoms with Gasteiger partial charge in [-0.15, -0.1) is 0 Å². The van der Waals surface area contributed by atoms with E-state index in [1.807, 2.05) is 0 Å². The topological polar surface area (TPSA) is 69.1 Å².